The number of nitrogens with two attached hydrogens (primary N) is 1. The van der Waals surface area contributed by atoms with Crippen LogP contribution in [0.2, 0.25) is 15.2 Å². The molecule has 0 spiro atoms. The molecule has 0 saturated heterocycles. The lowest BCUT2D eigenvalue weighted by molar-refractivity contribution is 0.0949. The predicted molar refractivity (Wildman–Crippen MR) is 131 cm³/mol. The number of carbonyl (C=O) groups is 2. The second kappa shape index (κ2) is 9.42. The molecule has 4 rings (SSSR count). The van der Waals surface area contributed by atoms with Gasteiger partial charge in [-0.3, -0.25) is 9.59 Å². The summed E-state index contributed by atoms with van der Waals surface area (Å²) in [5.74, 6) is -1.48. The fourth-order valence-electron chi connectivity index (χ4n) is 3.43. The van der Waals surface area contributed by atoms with Gasteiger partial charge in [0.2, 0.25) is 5.78 Å². The number of hydrogen-bond donors (Lipinski definition) is 2. The minimum Gasteiger partial charge on any atom is -0.396 e. The molecule has 4 aromatic rings. The molecule has 1 aromatic carbocycles. The first-order valence-corrected chi connectivity index (χ1v) is 10.9. The van der Waals surface area contributed by atoms with Gasteiger partial charge >= 0.3 is 0 Å². The summed E-state index contributed by atoms with van der Waals surface area (Å²) in [6.07, 6.45) is 3.13. The number of hydrazone groups is 1. The first-order valence-electron chi connectivity index (χ1n) is 9.74. The Hall–Kier alpha value is -3.46. The molecule has 0 radical (unpaired) electrons. The molecule has 172 valence electrons. The number of halogens is 4. The van der Waals surface area contributed by atoms with Crippen LogP contribution in [-0.2, 0) is 0 Å². The van der Waals surface area contributed by atoms with Gasteiger partial charge in [0.25, 0.3) is 5.91 Å². The van der Waals surface area contributed by atoms with Crippen LogP contribution in [-0.4, -0.2) is 27.3 Å². The molecular weight excluding hydrogens is 504 g/mol. The second-order valence-electron chi connectivity index (χ2n) is 7.17. The molecule has 0 aliphatic rings. The Balaban J connectivity index is 1.68. The van der Waals surface area contributed by atoms with Crippen LogP contribution in [0.15, 0.2) is 53.8 Å². The molecule has 0 saturated carbocycles. The van der Waals surface area contributed by atoms with Gasteiger partial charge in [0, 0.05) is 17.3 Å². The number of carbonyl (C=O) groups excluding carboxylic acids is 2. The van der Waals surface area contributed by atoms with Crippen molar-refractivity contribution in [3.05, 3.63) is 97.8 Å². The summed E-state index contributed by atoms with van der Waals surface area (Å²) >= 11 is 17.8. The molecule has 0 fully saturated rings. The smallest absolute Gasteiger partial charge is 0.291 e. The zero-order valence-corrected chi connectivity index (χ0v) is 19.7. The van der Waals surface area contributed by atoms with Gasteiger partial charge in [-0.2, -0.15) is 5.10 Å². The number of nitrogen functional groups attached to an aromatic ring is 1. The van der Waals surface area contributed by atoms with Crippen molar-refractivity contribution >= 4 is 63.9 Å². The second-order valence-corrected chi connectivity index (χ2v) is 8.29. The highest BCUT2D eigenvalue weighted by atomic mass is 35.5. The molecule has 3 aromatic heterocycles. The van der Waals surface area contributed by atoms with E-state index in [0.29, 0.717) is 27.9 Å². The van der Waals surface area contributed by atoms with Crippen LogP contribution >= 0.6 is 34.8 Å². The minimum absolute atomic E-state index is 0.0547. The van der Waals surface area contributed by atoms with E-state index in [1.807, 2.05) is 0 Å². The Morgan fingerprint density at radius 2 is 1.82 bits per heavy atom. The maximum absolute atomic E-state index is 13.3. The van der Waals surface area contributed by atoms with Gasteiger partial charge in [-0.15, -0.1) is 0 Å². The monoisotopic (exact) mass is 517 g/mol. The van der Waals surface area contributed by atoms with Gasteiger partial charge in [0.05, 0.1) is 28.1 Å². The van der Waals surface area contributed by atoms with Crippen molar-refractivity contribution in [1.82, 2.24) is 14.8 Å². The van der Waals surface area contributed by atoms with E-state index in [4.69, 9.17) is 40.5 Å². The van der Waals surface area contributed by atoms with Crippen molar-refractivity contribution in [3.8, 4) is 0 Å². The van der Waals surface area contributed by atoms with E-state index in [1.165, 1.54) is 30.5 Å². The van der Waals surface area contributed by atoms with Crippen molar-refractivity contribution < 1.29 is 14.0 Å². The van der Waals surface area contributed by atoms with Crippen molar-refractivity contribution in [2.75, 3.05) is 5.73 Å². The summed E-state index contributed by atoms with van der Waals surface area (Å²) in [4.78, 5) is 29.6. The molecule has 0 unspecified atom stereocenters. The predicted octanol–water partition coefficient (Wildman–Crippen LogP) is 5.32. The van der Waals surface area contributed by atoms with E-state index in [2.05, 4.69) is 15.5 Å². The maximum Gasteiger partial charge on any atom is 0.291 e. The average Bonchev–Trinajstić information content (AvgIpc) is 3.11. The van der Waals surface area contributed by atoms with Crippen molar-refractivity contribution in [2.24, 2.45) is 5.10 Å². The molecular formula is C23H15Cl3FN5O2. The van der Waals surface area contributed by atoms with Crippen LogP contribution < -0.4 is 11.2 Å². The molecule has 0 bridgehead atoms. The molecule has 0 aliphatic heterocycles. The van der Waals surface area contributed by atoms with Gasteiger partial charge in [0.15, 0.2) is 10.8 Å². The molecule has 3 N–H and O–H groups in total. The maximum atomic E-state index is 13.3. The summed E-state index contributed by atoms with van der Waals surface area (Å²) in [6.45, 7) is 1.75. The number of rotatable bonds is 5. The fraction of sp³-hybridized carbons (Fsp3) is 0.0435. The highest BCUT2D eigenvalue weighted by Crippen LogP contribution is 2.34. The minimum atomic E-state index is -0.754. The third kappa shape index (κ3) is 4.23. The summed E-state index contributed by atoms with van der Waals surface area (Å²) in [7, 11) is 0. The Morgan fingerprint density at radius 3 is 2.53 bits per heavy atom. The molecule has 1 amide bonds. The summed E-state index contributed by atoms with van der Waals surface area (Å²) in [5.41, 5.74) is 10.4. The number of benzene rings is 1. The normalized spacial score (nSPS) is 11.3. The summed E-state index contributed by atoms with van der Waals surface area (Å²) < 4.78 is 15.0. The molecule has 11 heteroatoms. The van der Waals surface area contributed by atoms with Crippen LogP contribution in [0.25, 0.3) is 5.52 Å². The summed E-state index contributed by atoms with van der Waals surface area (Å²) in [6, 6.07) is 10.7. The van der Waals surface area contributed by atoms with Gasteiger partial charge in [-0.25, -0.2) is 14.8 Å². The number of amides is 1. The molecule has 3 heterocycles. The van der Waals surface area contributed by atoms with E-state index < -0.39 is 11.7 Å². The van der Waals surface area contributed by atoms with Gasteiger partial charge < -0.3 is 10.1 Å². The fourth-order valence-corrected chi connectivity index (χ4v) is 4.02. The van der Waals surface area contributed by atoms with Gasteiger partial charge in [-0.1, -0.05) is 40.9 Å². The zero-order valence-electron chi connectivity index (χ0n) is 17.4. The van der Waals surface area contributed by atoms with Crippen molar-refractivity contribution in [2.45, 2.75) is 6.92 Å². The highest BCUT2D eigenvalue weighted by Gasteiger charge is 2.22. The summed E-state index contributed by atoms with van der Waals surface area (Å²) in [5, 5.41) is 3.62. The third-order valence-electron chi connectivity index (χ3n) is 5.10. The Labute approximate surface area is 207 Å². The van der Waals surface area contributed by atoms with E-state index in [0.717, 1.165) is 0 Å². The van der Waals surface area contributed by atoms with Crippen LogP contribution in [0.4, 0.5) is 10.1 Å². The van der Waals surface area contributed by atoms with Crippen LogP contribution in [0.5, 0.6) is 0 Å². The number of hydrogen-bond acceptors (Lipinski definition) is 5. The first-order chi connectivity index (χ1) is 16.2. The Kier molecular flexibility index (Phi) is 6.56. The number of ketones is 1. The largest absolute Gasteiger partial charge is 0.396 e. The zero-order chi connectivity index (χ0) is 24.6. The van der Waals surface area contributed by atoms with E-state index in [-0.39, 0.29) is 32.4 Å². The molecule has 34 heavy (non-hydrogen) atoms. The lowest BCUT2D eigenvalue weighted by Crippen LogP contribution is -2.20. The standard InChI is InChI=1S/C23H15Cl3FN5O2/c1-11-14(10-29-31-23(34)19-16(24)18(28)17(25)22(26)30-19)15-4-2-3-9-32(15)20(11)21(33)12-5-7-13(27)8-6-12/h2-10H,1H3,(H2,28,30)(H,31,34)/b29-10+. The van der Waals surface area contributed by atoms with Crippen LogP contribution in [0, 0.1) is 12.7 Å². The number of nitrogens with zero attached hydrogens (tertiary/aromatic N) is 3. The molecule has 0 aliphatic carbocycles. The highest BCUT2D eigenvalue weighted by molar-refractivity contribution is 6.46. The molecule has 0 atom stereocenters. The lowest BCUT2D eigenvalue weighted by Gasteiger charge is -2.07. The van der Waals surface area contributed by atoms with Crippen molar-refractivity contribution in [1.29, 1.82) is 0 Å². The lowest BCUT2D eigenvalue weighted by atomic mass is 10.0. The average molecular weight is 519 g/mol. The number of aromatic nitrogens is 2. The van der Waals surface area contributed by atoms with E-state index in [9.17, 15) is 14.0 Å². The number of fused-ring (bicyclic) bond motifs is 1. The van der Waals surface area contributed by atoms with Gasteiger partial charge in [-0.05, 0) is 48.9 Å². The van der Waals surface area contributed by atoms with Crippen LogP contribution in [0.3, 0.4) is 0 Å². The quantitative estimate of drug-likeness (QED) is 0.162. The van der Waals surface area contributed by atoms with E-state index in [1.54, 1.807) is 35.7 Å². The Morgan fingerprint density at radius 1 is 1.12 bits per heavy atom. The third-order valence-corrected chi connectivity index (χ3v) is 6.24. The SMILES string of the molecule is Cc1c(/C=N/NC(=O)c2nc(Cl)c(Cl)c(N)c2Cl)c2ccccn2c1C(=O)c1ccc(F)cc1. The first kappa shape index (κ1) is 23.7. The topological polar surface area (TPSA) is 102 Å². The Bertz CT molecular complexity index is 1480. The number of anilines is 1. The molecule has 7 nitrogen and oxygen atoms in total. The number of nitrogens with one attached hydrogen (secondary N) is 1. The van der Waals surface area contributed by atoms with Gasteiger partial charge in [0.1, 0.15) is 10.8 Å². The van der Waals surface area contributed by atoms with Crippen LogP contribution in [0.1, 0.15) is 37.7 Å². The van der Waals surface area contributed by atoms with E-state index >= 15 is 0 Å². The van der Waals surface area contributed by atoms with Crippen molar-refractivity contribution in [3.63, 3.8) is 0 Å². The number of pyridine rings is 2.